The molecule has 0 aromatic carbocycles. The third-order valence-electron chi connectivity index (χ3n) is 2.01. The molecule has 0 bridgehead atoms. The van der Waals surface area contributed by atoms with Crippen molar-refractivity contribution < 1.29 is 4.74 Å². The van der Waals surface area contributed by atoms with E-state index in [4.69, 9.17) is 4.74 Å². The molecule has 3 heteroatoms. The minimum atomic E-state index is 0.670. The fourth-order valence-corrected chi connectivity index (χ4v) is 1.26. The van der Waals surface area contributed by atoms with Crippen LogP contribution in [0, 0.1) is 0 Å². The summed E-state index contributed by atoms with van der Waals surface area (Å²) < 4.78 is 5.25. The van der Waals surface area contributed by atoms with E-state index in [1.54, 1.807) is 6.26 Å². The van der Waals surface area contributed by atoms with Crippen molar-refractivity contribution in [3.05, 3.63) is 23.7 Å². The van der Waals surface area contributed by atoms with E-state index in [-0.39, 0.29) is 0 Å². The largest absolute Gasteiger partial charge is 0.495 e. The lowest BCUT2D eigenvalue weighted by atomic mass is 10.2. The second-order valence-electron chi connectivity index (χ2n) is 3.34. The Morgan fingerprint density at radius 3 is 2.43 bits per heavy atom. The van der Waals surface area contributed by atoms with Crippen molar-refractivity contribution in [2.45, 2.75) is 26.7 Å². The standard InChI is InChI=1S/C11H20N2O/c1-3-6-12-10-5-8-14-9-11(10)13-7-4-2/h5,9,12-13H,3-4,6-8H2,1-2H3. The molecule has 0 amide bonds. The lowest BCUT2D eigenvalue weighted by Gasteiger charge is -2.19. The summed E-state index contributed by atoms with van der Waals surface area (Å²) in [7, 11) is 0. The zero-order chi connectivity index (χ0) is 10.2. The minimum absolute atomic E-state index is 0.670. The number of ether oxygens (including phenoxy) is 1. The molecule has 0 aromatic rings. The predicted molar refractivity (Wildman–Crippen MR) is 58.7 cm³/mol. The van der Waals surface area contributed by atoms with Crippen LogP contribution in [0.25, 0.3) is 0 Å². The van der Waals surface area contributed by atoms with Crippen LogP contribution in [0.1, 0.15) is 26.7 Å². The maximum atomic E-state index is 5.25. The highest BCUT2D eigenvalue weighted by atomic mass is 16.5. The van der Waals surface area contributed by atoms with Crippen molar-refractivity contribution in [2.75, 3.05) is 19.7 Å². The quantitative estimate of drug-likeness (QED) is 0.679. The molecule has 1 heterocycles. The van der Waals surface area contributed by atoms with Gasteiger partial charge in [-0.05, 0) is 18.9 Å². The maximum absolute atomic E-state index is 5.25. The molecule has 0 aliphatic carbocycles. The van der Waals surface area contributed by atoms with Gasteiger partial charge < -0.3 is 15.4 Å². The molecule has 1 rings (SSSR count). The highest BCUT2D eigenvalue weighted by molar-refractivity contribution is 5.28. The third kappa shape index (κ3) is 3.32. The molecule has 3 nitrogen and oxygen atoms in total. The summed E-state index contributed by atoms with van der Waals surface area (Å²) in [5.41, 5.74) is 2.25. The number of nitrogens with one attached hydrogen (secondary N) is 2. The molecule has 1 aliphatic rings. The Hall–Kier alpha value is -1.12. The fraction of sp³-hybridized carbons (Fsp3) is 0.636. The van der Waals surface area contributed by atoms with Gasteiger partial charge >= 0.3 is 0 Å². The second-order valence-corrected chi connectivity index (χ2v) is 3.34. The first-order valence-corrected chi connectivity index (χ1v) is 5.38. The average Bonchev–Trinajstić information content (AvgIpc) is 2.24. The zero-order valence-electron chi connectivity index (χ0n) is 9.10. The van der Waals surface area contributed by atoms with Gasteiger partial charge in [0.2, 0.25) is 0 Å². The highest BCUT2D eigenvalue weighted by Gasteiger charge is 2.07. The molecule has 0 radical (unpaired) electrons. The Morgan fingerprint density at radius 1 is 1.14 bits per heavy atom. The monoisotopic (exact) mass is 196 g/mol. The minimum Gasteiger partial charge on any atom is -0.495 e. The van der Waals surface area contributed by atoms with Gasteiger partial charge in [-0.25, -0.2) is 0 Å². The van der Waals surface area contributed by atoms with Gasteiger partial charge in [-0.1, -0.05) is 13.8 Å². The SMILES string of the molecule is CCCNC1=CCOC=C1NCCC. The molecule has 14 heavy (non-hydrogen) atoms. The van der Waals surface area contributed by atoms with E-state index in [0.717, 1.165) is 31.6 Å². The predicted octanol–water partition coefficient (Wildman–Crippen LogP) is 1.74. The van der Waals surface area contributed by atoms with Crippen LogP contribution >= 0.6 is 0 Å². The maximum Gasteiger partial charge on any atom is 0.109 e. The van der Waals surface area contributed by atoms with Gasteiger partial charge in [0.15, 0.2) is 0 Å². The normalized spacial score (nSPS) is 15.3. The smallest absolute Gasteiger partial charge is 0.109 e. The van der Waals surface area contributed by atoms with Crippen LogP contribution in [0.2, 0.25) is 0 Å². The first-order valence-electron chi connectivity index (χ1n) is 5.38. The van der Waals surface area contributed by atoms with E-state index >= 15 is 0 Å². The van der Waals surface area contributed by atoms with Crippen molar-refractivity contribution in [3.8, 4) is 0 Å². The zero-order valence-corrected chi connectivity index (χ0v) is 9.10. The molecule has 0 saturated heterocycles. The molecule has 80 valence electrons. The van der Waals surface area contributed by atoms with E-state index in [1.807, 2.05) is 0 Å². The van der Waals surface area contributed by atoms with Gasteiger partial charge in [0.25, 0.3) is 0 Å². The molecular formula is C11H20N2O. The highest BCUT2D eigenvalue weighted by Crippen LogP contribution is 2.08. The van der Waals surface area contributed by atoms with E-state index < -0.39 is 0 Å². The molecule has 0 aromatic heterocycles. The Labute approximate surface area is 86.2 Å². The Bertz CT molecular complexity index is 197. The van der Waals surface area contributed by atoms with Crippen LogP contribution in [0.5, 0.6) is 0 Å². The summed E-state index contributed by atoms with van der Waals surface area (Å²) in [6.45, 7) is 6.98. The van der Waals surface area contributed by atoms with E-state index in [2.05, 4.69) is 30.6 Å². The van der Waals surface area contributed by atoms with Gasteiger partial charge in [0.05, 0.1) is 11.4 Å². The van der Waals surface area contributed by atoms with Crippen molar-refractivity contribution in [1.29, 1.82) is 0 Å². The molecule has 0 saturated carbocycles. The first kappa shape index (κ1) is 11.0. The Balaban J connectivity index is 2.44. The summed E-state index contributed by atoms with van der Waals surface area (Å²) in [5.74, 6) is 0. The van der Waals surface area contributed by atoms with Crippen molar-refractivity contribution in [3.63, 3.8) is 0 Å². The average molecular weight is 196 g/mol. The van der Waals surface area contributed by atoms with Crippen LogP contribution < -0.4 is 10.6 Å². The second kappa shape index (κ2) is 6.35. The van der Waals surface area contributed by atoms with Crippen molar-refractivity contribution in [1.82, 2.24) is 10.6 Å². The summed E-state index contributed by atoms with van der Waals surface area (Å²) in [6, 6.07) is 0. The topological polar surface area (TPSA) is 33.3 Å². The van der Waals surface area contributed by atoms with Gasteiger partial charge in [-0.15, -0.1) is 0 Å². The molecule has 2 N–H and O–H groups in total. The van der Waals surface area contributed by atoms with E-state index in [9.17, 15) is 0 Å². The summed E-state index contributed by atoms with van der Waals surface area (Å²) in [4.78, 5) is 0. The van der Waals surface area contributed by atoms with Crippen LogP contribution in [0.15, 0.2) is 23.7 Å². The van der Waals surface area contributed by atoms with Crippen LogP contribution in [-0.4, -0.2) is 19.7 Å². The fourth-order valence-electron chi connectivity index (χ4n) is 1.26. The van der Waals surface area contributed by atoms with Gasteiger partial charge in [-0.3, -0.25) is 0 Å². The van der Waals surface area contributed by atoms with E-state index in [1.165, 1.54) is 5.70 Å². The first-order chi connectivity index (χ1) is 6.88. The van der Waals surface area contributed by atoms with Gasteiger partial charge in [-0.2, -0.15) is 0 Å². The number of rotatable bonds is 6. The lowest BCUT2D eigenvalue weighted by molar-refractivity contribution is 0.276. The molecular weight excluding hydrogens is 176 g/mol. The number of hydrogen-bond acceptors (Lipinski definition) is 3. The van der Waals surface area contributed by atoms with Crippen LogP contribution in [-0.2, 0) is 4.74 Å². The van der Waals surface area contributed by atoms with Crippen molar-refractivity contribution in [2.24, 2.45) is 0 Å². The van der Waals surface area contributed by atoms with E-state index in [0.29, 0.717) is 6.61 Å². The van der Waals surface area contributed by atoms with Gasteiger partial charge in [0.1, 0.15) is 12.9 Å². The van der Waals surface area contributed by atoms with Crippen LogP contribution in [0.3, 0.4) is 0 Å². The molecule has 0 fully saturated rings. The Morgan fingerprint density at radius 2 is 1.79 bits per heavy atom. The third-order valence-corrected chi connectivity index (χ3v) is 2.01. The van der Waals surface area contributed by atoms with Crippen LogP contribution in [0.4, 0.5) is 0 Å². The Kier molecular flexibility index (Phi) is 4.97. The summed E-state index contributed by atoms with van der Waals surface area (Å²) in [6.07, 6.45) is 6.14. The summed E-state index contributed by atoms with van der Waals surface area (Å²) in [5, 5.41) is 6.72. The van der Waals surface area contributed by atoms with Crippen molar-refractivity contribution >= 4 is 0 Å². The molecule has 1 aliphatic heterocycles. The summed E-state index contributed by atoms with van der Waals surface area (Å²) >= 11 is 0. The molecule has 0 unspecified atom stereocenters. The van der Waals surface area contributed by atoms with Gasteiger partial charge in [0, 0.05) is 13.1 Å². The number of hydrogen-bond donors (Lipinski definition) is 2. The lowest BCUT2D eigenvalue weighted by Crippen LogP contribution is -2.26. The molecule has 0 spiro atoms. The molecule has 0 atom stereocenters.